The van der Waals surface area contributed by atoms with E-state index in [-0.39, 0.29) is 30.8 Å². The zero-order valence-electron chi connectivity index (χ0n) is 12.1. The molecule has 20 heavy (non-hydrogen) atoms. The van der Waals surface area contributed by atoms with Gasteiger partial charge in [-0.2, -0.15) is 0 Å². The third-order valence-corrected chi connectivity index (χ3v) is 2.71. The Morgan fingerprint density at radius 1 is 1.25 bits per heavy atom. The van der Waals surface area contributed by atoms with Gasteiger partial charge in [-0.15, -0.1) is 0 Å². The Bertz CT molecular complexity index is 442. The Labute approximate surface area is 119 Å². The first-order valence-corrected chi connectivity index (χ1v) is 6.63. The van der Waals surface area contributed by atoms with Crippen LogP contribution in [0.5, 0.6) is 5.75 Å². The summed E-state index contributed by atoms with van der Waals surface area (Å²) in [5, 5.41) is 2.78. The van der Waals surface area contributed by atoms with E-state index in [0.29, 0.717) is 6.61 Å². The number of hydrogen-bond acceptors (Lipinski definition) is 4. The molecule has 0 saturated heterocycles. The Morgan fingerprint density at radius 2 is 1.90 bits per heavy atom. The molecule has 1 aromatic carbocycles. The number of nitrogens with one attached hydrogen (secondary N) is 1. The van der Waals surface area contributed by atoms with Gasteiger partial charge in [0.1, 0.15) is 5.75 Å². The lowest BCUT2D eigenvalue weighted by molar-refractivity contribution is -0.143. The molecule has 0 aliphatic rings. The second-order valence-corrected chi connectivity index (χ2v) is 4.50. The summed E-state index contributed by atoms with van der Waals surface area (Å²) in [6.45, 7) is 3.89. The molecule has 1 amide bonds. The van der Waals surface area contributed by atoms with Gasteiger partial charge in [-0.05, 0) is 31.5 Å². The van der Waals surface area contributed by atoms with Crippen LogP contribution in [0.4, 0.5) is 0 Å². The molecule has 0 spiro atoms. The van der Waals surface area contributed by atoms with Crippen LogP contribution in [0.25, 0.3) is 0 Å². The number of ether oxygens (including phenoxy) is 2. The van der Waals surface area contributed by atoms with Crippen molar-refractivity contribution in [1.82, 2.24) is 5.32 Å². The third kappa shape index (κ3) is 5.73. The normalized spacial score (nSPS) is 11.6. The first-order chi connectivity index (χ1) is 9.55. The van der Waals surface area contributed by atoms with Crippen LogP contribution in [-0.4, -0.2) is 31.6 Å². The third-order valence-electron chi connectivity index (χ3n) is 2.71. The molecule has 0 fully saturated rings. The highest BCUT2D eigenvalue weighted by Gasteiger charge is 2.12. The molecule has 0 aliphatic heterocycles. The SMILES string of the molecule is CCOC(=O)CC(C)NC(=O)Cc1ccc(OC)cc1. The zero-order chi connectivity index (χ0) is 15.0. The number of carbonyl (C=O) groups is 2. The second kappa shape index (κ2) is 8.19. The molecule has 5 nitrogen and oxygen atoms in total. The van der Waals surface area contributed by atoms with Crippen molar-refractivity contribution in [2.24, 2.45) is 0 Å². The maximum absolute atomic E-state index is 11.8. The minimum atomic E-state index is -0.301. The van der Waals surface area contributed by atoms with Gasteiger partial charge in [0.05, 0.1) is 26.6 Å². The predicted octanol–water partition coefficient (Wildman–Crippen LogP) is 1.70. The molecule has 1 N–H and O–H groups in total. The van der Waals surface area contributed by atoms with Crippen molar-refractivity contribution in [1.29, 1.82) is 0 Å². The van der Waals surface area contributed by atoms with E-state index in [2.05, 4.69) is 5.32 Å². The molecule has 0 aliphatic carbocycles. The average molecular weight is 279 g/mol. The summed E-state index contributed by atoms with van der Waals surface area (Å²) in [5.41, 5.74) is 0.895. The minimum Gasteiger partial charge on any atom is -0.497 e. The van der Waals surface area contributed by atoms with Crippen LogP contribution in [0.3, 0.4) is 0 Å². The Kier molecular flexibility index (Phi) is 6.56. The van der Waals surface area contributed by atoms with Crippen LogP contribution in [0.2, 0.25) is 0 Å². The molecule has 0 saturated carbocycles. The van der Waals surface area contributed by atoms with Gasteiger partial charge in [-0.3, -0.25) is 9.59 Å². The first-order valence-electron chi connectivity index (χ1n) is 6.63. The van der Waals surface area contributed by atoms with E-state index < -0.39 is 0 Å². The number of benzene rings is 1. The van der Waals surface area contributed by atoms with Gasteiger partial charge in [0.25, 0.3) is 0 Å². The lowest BCUT2D eigenvalue weighted by atomic mass is 10.1. The summed E-state index contributed by atoms with van der Waals surface area (Å²) in [5.74, 6) is 0.335. The van der Waals surface area contributed by atoms with Crippen molar-refractivity contribution in [2.45, 2.75) is 32.7 Å². The van der Waals surface area contributed by atoms with Crippen molar-refractivity contribution in [3.05, 3.63) is 29.8 Å². The standard InChI is InChI=1S/C15H21NO4/c1-4-20-15(18)9-11(2)16-14(17)10-12-5-7-13(19-3)8-6-12/h5-8,11H,4,9-10H2,1-3H3,(H,16,17). The van der Waals surface area contributed by atoms with Crippen molar-refractivity contribution in [2.75, 3.05) is 13.7 Å². The summed E-state index contributed by atoms with van der Waals surface area (Å²) in [7, 11) is 1.60. The van der Waals surface area contributed by atoms with E-state index in [0.717, 1.165) is 11.3 Å². The maximum Gasteiger partial charge on any atom is 0.307 e. The second-order valence-electron chi connectivity index (χ2n) is 4.50. The number of methoxy groups -OCH3 is 1. The van der Waals surface area contributed by atoms with Crippen LogP contribution in [-0.2, 0) is 20.7 Å². The van der Waals surface area contributed by atoms with Crippen molar-refractivity contribution in [3.8, 4) is 5.75 Å². The van der Waals surface area contributed by atoms with Crippen LogP contribution in [0.15, 0.2) is 24.3 Å². The van der Waals surface area contributed by atoms with Gasteiger partial charge in [0, 0.05) is 6.04 Å². The number of esters is 1. The van der Waals surface area contributed by atoms with E-state index >= 15 is 0 Å². The van der Waals surface area contributed by atoms with Gasteiger partial charge in [0.2, 0.25) is 5.91 Å². The van der Waals surface area contributed by atoms with Crippen LogP contribution < -0.4 is 10.1 Å². The van der Waals surface area contributed by atoms with Gasteiger partial charge in [-0.25, -0.2) is 0 Å². The lowest BCUT2D eigenvalue weighted by Crippen LogP contribution is -2.35. The highest BCUT2D eigenvalue weighted by Crippen LogP contribution is 2.11. The van der Waals surface area contributed by atoms with E-state index in [1.54, 1.807) is 21.0 Å². The molecule has 110 valence electrons. The molecule has 1 aromatic rings. The monoisotopic (exact) mass is 279 g/mol. The van der Waals surface area contributed by atoms with Crippen LogP contribution in [0, 0.1) is 0 Å². The molecule has 0 heterocycles. The largest absolute Gasteiger partial charge is 0.497 e. The summed E-state index contributed by atoms with van der Waals surface area (Å²) in [4.78, 5) is 23.1. The molecule has 0 bridgehead atoms. The quantitative estimate of drug-likeness (QED) is 0.771. The molecule has 5 heteroatoms. The highest BCUT2D eigenvalue weighted by atomic mass is 16.5. The summed E-state index contributed by atoms with van der Waals surface area (Å²) in [6, 6.07) is 7.07. The number of rotatable bonds is 7. The lowest BCUT2D eigenvalue weighted by Gasteiger charge is -2.13. The van der Waals surface area contributed by atoms with E-state index in [1.807, 2.05) is 24.3 Å². The van der Waals surface area contributed by atoms with E-state index in [9.17, 15) is 9.59 Å². The molecule has 1 rings (SSSR count). The Balaban J connectivity index is 2.40. The summed E-state index contributed by atoms with van der Waals surface area (Å²) in [6.07, 6.45) is 0.458. The van der Waals surface area contributed by atoms with E-state index in [1.165, 1.54) is 0 Å². The van der Waals surface area contributed by atoms with Gasteiger partial charge in [-0.1, -0.05) is 12.1 Å². The molecular formula is C15H21NO4. The summed E-state index contributed by atoms with van der Waals surface area (Å²) < 4.78 is 9.89. The first kappa shape index (κ1) is 16.0. The maximum atomic E-state index is 11.8. The van der Waals surface area contributed by atoms with Gasteiger partial charge >= 0.3 is 5.97 Å². The topological polar surface area (TPSA) is 64.6 Å². The van der Waals surface area contributed by atoms with Crippen molar-refractivity contribution >= 4 is 11.9 Å². The Morgan fingerprint density at radius 3 is 2.45 bits per heavy atom. The van der Waals surface area contributed by atoms with Gasteiger partial charge in [0.15, 0.2) is 0 Å². The molecule has 1 unspecified atom stereocenters. The average Bonchev–Trinajstić information content (AvgIpc) is 2.39. The smallest absolute Gasteiger partial charge is 0.307 e. The minimum absolute atomic E-state index is 0.119. The van der Waals surface area contributed by atoms with Crippen LogP contribution in [0.1, 0.15) is 25.8 Å². The van der Waals surface area contributed by atoms with Crippen molar-refractivity contribution in [3.63, 3.8) is 0 Å². The molecule has 0 radical (unpaired) electrons. The molecule has 0 aromatic heterocycles. The van der Waals surface area contributed by atoms with Crippen molar-refractivity contribution < 1.29 is 19.1 Å². The zero-order valence-corrected chi connectivity index (χ0v) is 12.1. The Hall–Kier alpha value is -2.04. The fraction of sp³-hybridized carbons (Fsp3) is 0.467. The van der Waals surface area contributed by atoms with Gasteiger partial charge < -0.3 is 14.8 Å². The van der Waals surface area contributed by atoms with Crippen LogP contribution >= 0.6 is 0 Å². The fourth-order valence-corrected chi connectivity index (χ4v) is 1.78. The number of carbonyl (C=O) groups excluding carboxylic acids is 2. The van der Waals surface area contributed by atoms with E-state index in [4.69, 9.17) is 9.47 Å². The number of amides is 1. The number of hydrogen-bond donors (Lipinski definition) is 1. The predicted molar refractivity (Wildman–Crippen MR) is 75.6 cm³/mol. The molecular weight excluding hydrogens is 258 g/mol. The summed E-state index contributed by atoms with van der Waals surface area (Å²) >= 11 is 0. The highest BCUT2D eigenvalue weighted by molar-refractivity contribution is 5.79. The molecule has 1 atom stereocenters. The fourth-order valence-electron chi connectivity index (χ4n) is 1.78.